The molecule has 14 heavy (non-hydrogen) atoms. The molecule has 0 aliphatic rings. The molecule has 1 atom stereocenters. The van der Waals surface area contributed by atoms with Gasteiger partial charge in [0.1, 0.15) is 0 Å². The van der Waals surface area contributed by atoms with Gasteiger partial charge in [0, 0.05) is 22.5 Å². The van der Waals surface area contributed by atoms with Gasteiger partial charge in [-0.25, -0.2) is 8.42 Å². The number of thiol groups is 2. The van der Waals surface area contributed by atoms with Gasteiger partial charge in [-0.1, -0.05) is 0 Å². The third-order valence-electron chi connectivity index (χ3n) is 1.20. The van der Waals surface area contributed by atoms with Gasteiger partial charge in [0.2, 0.25) is 0 Å². The summed E-state index contributed by atoms with van der Waals surface area (Å²) in [5, 5.41) is 0.234. The van der Waals surface area contributed by atoms with Crippen LogP contribution in [0.1, 0.15) is 6.42 Å². The Labute approximate surface area is 123 Å². The molecule has 0 N–H and O–H groups in total. The van der Waals surface area contributed by atoms with E-state index in [2.05, 4.69) is 25.3 Å². The molecule has 0 bridgehead atoms. The quantitative estimate of drug-likeness (QED) is 0.243. The van der Waals surface area contributed by atoms with E-state index in [1.807, 2.05) is 0 Å². The fourth-order valence-corrected chi connectivity index (χ4v) is 2.82. The molecule has 0 saturated heterocycles. The van der Waals surface area contributed by atoms with Crippen LogP contribution < -0.4 is 29.6 Å². The Hall–Kier alpha value is 1.96. The van der Waals surface area contributed by atoms with Crippen molar-refractivity contribution in [2.45, 2.75) is 11.7 Å². The summed E-state index contributed by atoms with van der Waals surface area (Å²) in [5.74, 6) is 1.96. The number of hydrogen-bond acceptors (Lipinski definition) is 6. The Kier molecular flexibility index (Phi) is 13.3. The summed E-state index contributed by atoms with van der Waals surface area (Å²) in [5.41, 5.74) is 0. The van der Waals surface area contributed by atoms with Crippen LogP contribution in [0.15, 0.2) is 0 Å². The zero-order chi connectivity index (χ0) is 10.3. The fourth-order valence-electron chi connectivity index (χ4n) is 0.610. The number of hydrogen-bond donors (Lipinski definition) is 2. The van der Waals surface area contributed by atoms with Gasteiger partial charge in [-0.3, -0.25) is 0 Å². The molecule has 3 nitrogen and oxygen atoms in total. The molecule has 8 heteroatoms. The molecule has 0 fully saturated rings. The predicted molar refractivity (Wildman–Crippen MR) is 63.1 cm³/mol. The molecule has 0 spiro atoms. The summed E-state index contributed by atoms with van der Waals surface area (Å²) in [6.45, 7) is 0. The summed E-state index contributed by atoms with van der Waals surface area (Å²) >= 11 is 9.86. The van der Waals surface area contributed by atoms with Gasteiger partial charge in [0.15, 0.2) is 0 Å². The van der Waals surface area contributed by atoms with Gasteiger partial charge < -0.3 is 4.55 Å². The van der Waals surface area contributed by atoms with Gasteiger partial charge in [-0.15, -0.1) is 0 Å². The van der Waals surface area contributed by atoms with Gasteiger partial charge in [-0.05, 0) is 12.2 Å². The zero-order valence-corrected chi connectivity index (χ0v) is 13.5. The van der Waals surface area contributed by atoms with E-state index in [0.717, 1.165) is 5.75 Å². The molecule has 0 heterocycles. The van der Waals surface area contributed by atoms with E-state index in [1.54, 1.807) is 11.8 Å². The topological polar surface area (TPSA) is 57.2 Å². The minimum absolute atomic E-state index is 0. The summed E-state index contributed by atoms with van der Waals surface area (Å²) in [4.78, 5) is 0. The number of rotatable bonds is 7. The first-order valence-electron chi connectivity index (χ1n) is 3.76. The fraction of sp³-hybridized carbons (Fsp3) is 1.00. The van der Waals surface area contributed by atoms with E-state index >= 15 is 0 Å². The second-order valence-corrected chi connectivity index (χ2v) is 6.30. The van der Waals surface area contributed by atoms with Crippen LogP contribution in [0.3, 0.4) is 0 Å². The van der Waals surface area contributed by atoms with Crippen molar-refractivity contribution in [3.05, 3.63) is 0 Å². The van der Waals surface area contributed by atoms with Crippen molar-refractivity contribution in [3.8, 4) is 0 Å². The third-order valence-corrected chi connectivity index (χ3v) is 4.55. The Balaban J connectivity index is 0. The standard InChI is InChI=1S/C6H14O3S4.Na/c7-13(8,9)3-1-2-12-5-6(11)4-10;/h6,10-11H,1-5H2,(H,7,8,9);/q;+1/p-1. The van der Waals surface area contributed by atoms with Gasteiger partial charge in [0.25, 0.3) is 0 Å². The van der Waals surface area contributed by atoms with Crippen molar-refractivity contribution < 1.29 is 42.5 Å². The van der Waals surface area contributed by atoms with Crippen molar-refractivity contribution in [1.29, 1.82) is 0 Å². The third kappa shape index (κ3) is 14.0. The molecule has 0 aliphatic carbocycles. The Bertz CT molecular complexity index is 219. The van der Waals surface area contributed by atoms with Crippen LogP contribution in [0.25, 0.3) is 0 Å². The van der Waals surface area contributed by atoms with Crippen LogP contribution in [0.5, 0.6) is 0 Å². The second-order valence-electron chi connectivity index (χ2n) is 2.53. The van der Waals surface area contributed by atoms with Crippen LogP contribution >= 0.6 is 37.0 Å². The predicted octanol–water partition coefficient (Wildman–Crippen LogP) is -2.11. The first-order chi connectivity index (χ1) is 5.95. The molecule has 80 valence electrons. The molecule has 0 amide bonds. The smallest absolute Gasteiger partial charge is 0.748 e. The molecule has 1 unspecified atom stereocenters. The van der Waals surface area contributed by atoms with Crippen molar-refractivity contribution in [1.82, 2.24) is 0 Å². The summed E-state index contributed by atoms with van der Waals surface area (Å²) < 4.78 is 30.6. The maximum Gasteiger partial charge on any atom is 1.00 e. The number of thioether (sulfide) groups is 1. The molecule has 0 aliphatic heterocycles. The molecule has 0 saturated carbocycles. The van der Waals surface area contributed by atoms with E-state index in [0.29, 0.717) is 17.9 Å². The van der Waals surface area contributed by atoms with E-state index in [1.165, 1.54) is 0 Å². The van der Waals surface area contributed by atoms with Crippen LogP contribution in [0.2, 0.25) is 0 Å². The first-order valence-corrected chi connectivity index (χ1v) is 7.64. The largest absolute Gasteiger partial charge is 1.00 e. The molecular formula is C6H13NaO3S4. The molecule has 0 aromatic rings. The molecule has 0 radical (unpaired) electrons. The van der Waals surface area contributed by atoms with E-state index < -0.39 is 10.1 Å². The Morgan fingerprint density at radius 2 is 2.00 bits per heavy atom. The second kappa shape index (κ2) is 10.1. The van der Waals surface area contributed by atoms with Crippen LogP contribution in [-0.4, -0.2) is 41.2 Å². The first kappa shape index (κ1) is 18.3. The SMILES string of the molecule is O=S(=O)([O-])CCCSCC(S)CS.[Na+]. The van der Waals surface area contributed by atoms with Crippen molar-refractivity contribution in [2.24, 2.45) is 0 Å². The minimum atomic E-state index is -4.03. The Morgan fingerprint density at radius 3 is 2.43 bits per heavy atom. The summed E-state index contributed by atoms with van der Waals surface area (Å²) in [6.07, 6.45) is 0.420. The van der Waals surface area contributed by atoms with E-state index in [9.17, 15) is 13.0 Å². The maximum absolute atomic E-state index is 10.2. The minimum Gasteiger partial charge on any atom is -0.748 e. The average Bonchev–Trinajstić information content (AvgIpc) is 2.01. The summed E-state index contributed by atoms with van der Waals surface area (Å²) in [7, 11) is -4.03. The maximum atomic E-state index is 10.2. The molecular weight excluding hydrogens is 271 g/mol. The van der Waals surface area contributed by atoms with Gasteiger partial charge in [0.05, 0.1) is 10.1 Å². The zero-order valence-electron chi connectivity index (χ0n) is 8.05. The van der Waals surface area contributed by atoms with Gasteiger partial charge in [-0.2, -0.15) is 37.0 Å². The van der Waals surface area contributed by atoms with Crippen LogP contribution in [0, 0.1) is 0 Å². The Morgan fingerprint density at radius 1 is 1.43 bits per heavy atom. The molecule has 0 aromatic carbocycles. The van der Waals surface area contributed by atoms with Crippen LogP contribution in [0.4, 0.5) is 0 Å². The summed E-state index contributed by atoms with van der Waals surface area (Å²) in [6, 6.07) is 0. The van der Waals surface area contributed by atoms with Crippen molar-refractivity contribution in [2.75, 3.05) is 23.0 Å². The van der Waals surface area contributed by atoms with Crippen LogP contribution in [-0.2, 0) is 10.1 Å². The van der Waals surface area contributed by atoms with Crippen molar-refractivity contribution in [3.63, 3.8) is 0 Å². The average molecular weight is 284 g/mol. The monoisotopic (exact) mass is 284 g/mol. The van der Waals surface area contributed by atoms with E-state index in [-0.39, 0.29) is 40.6 Å². The normalized spacial score (nSPS) is 13.4. The molecule has 0 aromatic heterocycles. The molecule has 0 rings (SSSR count). The van der Waals surface area contributed by atoms with Gasteiger partial charge >= 0.3 is 29.6 Å². The van der Waals surface area contributed by atoms with Crippen molar-refractivity contribution >= 4 is 47.1 Å². The van der Waals surface area contributed by atoms with E-state index in [4.69, 9.17) is 0 Å².